The summed E-state index contributed by atoms with van der Waals surface area (Å²) in [5.41, 5.74) is 0. The molecule has 0 aliphatic heterocycles. The number of carboxylic acids is 2. The van der Waals surface area contributed by atoms with Crippen LogP contribution in [0.5, 0.6) is 0 Å². The van der Waals surface area contributed by atoms with Crippen LogP contribution >= 0.6 is 21.6 Å². The molecule has 2 atom stereocenters. The van der Waals surface area contributed by atoms with Crippen molar-refractivity contribution < 1.29 is 19.8 Å². The number of carbonyl (C=O) groups is 2. The van der Waals surface area contributed by atoms with Gasteiger partial charge in [0, 0.05) is 23.6 Å². The van der Waals surface area contributed by atoms with Crippen LogP contribution in [0.3, 0.4) is 0 Å². The molecule has 0 bridgehead atoms. The minimum absolute atomic E-state index is 0.0936. The topological polar surface area (TPSA) is 98.7 Å². The largest absolute Gasteiger partial charge is 0.480 e. The Hall–Kier alpha value is -0.440. The fourth-order valence-corrected chi connectivity index (χ4v) is 3.75. The normalized spacial score (nSPS) is 14.5. The van der Waals surface area contributed by atoms with Gasteiger partial charge in [-0.1, -0.05) is 49.3 Å². The van der Waals surface area contributed by atoms with Crippen molar-refractivity contribution in [3.05, 3.63) is 0 Å². The molecule has 20 heavy (non-hydrogen) atoms. The Labute approximate surface area is 127 Å². The summed E-state index contributed by atoms with van der Waals surface area (Å²) in [6, 6.07) is -1.05. The first-order chi connectivity index (χ1) is 9.23. The molecule has 0 aliphatic carbocycles. The molecule has 4 N–H and O–H groups in total. The lowest BCUT2D eigenvalue weighted by molar-refractivity contribution is -0.139. The van der Waals surface area contributed by atoms with Gasteiger partial charge in [-0.05, 0) is 0 Å². The van der Waals surface area contributed by atoms with Crippen LogP contribution in [0, 0.1) is 0 Å². The van der Waals surface area contributed by atoms with Crippen molar-refractivity contribution in [3.8, 4) is 0 Å². The summed E-state index contributed by atoms with van der Waals surface area (Å²) in [4.78, 5) is 22.1. The Balaban J connectivity index is 4.07. The zero-order chi connectivity index (χ0) is 15.7. The molecule has 0 heterocycles. The average Bonchev–Trinajstić information content (AvgIpc) is 2.29. The van der Waals surface area contributed by atoms with E-state index in [0.717, 1.165) is 0 Å². The number of hydrogen-bond acceptors (Lipinski definition) is 6. The smallest absolute Gasteiger partial charge is 0.321 e. The van der Waals surface area contributed by atoms with E-state index in [0.29, 0.717) is 11.5 Å². The minimum atomic E-state index is -0.887. The molecule has 0 saturated carbocycles. The first-order valence-corrected chi connectivity index (χ1v) is 8.95. The maximum atomic E-state index is 11.0. The molecule has 0 rings (SSSR count). The summed E-state index contributed by atoms with van der Waals surface area (Å²) in [5.74, 6) is -0.984. The number of nitrogens with one attached hydrogen (secondary N) is 2. The first kappa shape index (κ1) is 19.6. The van der Waals surface area contributed by atoms with Crippen LogP contribution in [-0.2, 0) is 9.59 Å². The lowest BCUT2D eigenvalue weighted by atomic mass is 10.3. The molecule has 8 heteroatoms. The SMILES string of the molecule is CC(C)N[C@@H](CSSC[C@@H](NC(C)C)C(=O)O)C(=O)O. The predicted octanol–water partition coefficient (Wildman–Crippen LogP) is 1.27. The molecule has 118 valence electrons. The molecule has 0 radical (unpaired) electrons. The summed E-state index contributed by atoms with van der Waals surface area (Å²) in [7, 11) is 2.75. The lowest BCUT2D eigenvalue weighted by Crippen LogP contribution is -2.43. The highest BCUT2D eigenvalue weighted by Crippen LogP contribution is 2.23. The second kappa shape index (κ2) is 10.3. The van der Waals surface area contributed by atoms with Crippen molar-refractivity contribution in [1.29, 1.82) is 0 Å². The fourth-order valence-electron chi connectivity index (χ4n) is 1.42. The van der Waals surface area contributed by atoms with Gasteiger partial charge in [-0.2, -0.15) is 0 Å². The lowest BCUT2D eigenvalue weighted by Gasteiger charge is -2.18. The van der Waals surface area contributed by atoms with Gasteiger partial charge in [0.05, 0.1) is 0 Å². The van der Waals surface area contributed by atoms with E-state index < -0.39 is 24.0 Å². The molecule has 0 fully saturated rings. The number of rotatable bonds is 11. The van der Waals surface area contributed by atoms with Crippen LogP contribution < -0.4 is 10.6 Å². The highest BCUT2D eigenvalue weighted by atomic mass is 33.1. The van der Waals surface area contributed by atoms with E-state index in [4.69, 9.17) is 10.2 Å². The molecule has 6 nitrogen and oxygen atoms in total. The van der Waals surface area contributed by atoms with Gasteiger partial charge < -0.3 is 20.8 Å². The van der Waals surface area contributed by atoms with E-state index in [2.05, 4.69) is 10.6 Å². The first-order valence-electron chi connectivity index (χ1n) is 6.46. The summed E-state index contributed by atoms with van der Waals surface area (Å²) < 4.78 is 0. The van der Waals surface area contributed by atoms with Gasteiger partial charge in [0.15, 0.2) is 0 Å². The van der Waals surface area contributed by atoms with Gasteiger partial charge in [0.2, 0.25) is 0 Å². The summed E-state index contributed by atoms with van der Waals surface area (Å²) in [6.45, 7) is 7.56. The standard InChI is InChI=1S/C12H24N2O4S2/c1-7(2)13-9(11(15)16)5-19-20-6-10(12(17)18)14-8(3)4/h7-10,13-14H,5-6H2,1-4H3,(H,15,16)(H,17,18)/t9-,10+. The van der Waals surface area contributed by atoms with Crippen LogP contribution in [0.25, 0.3) is 0 Å². The molecule has 0 aromatic heterocycles. The Morgan fingerprint density at radius 1 is 0.850 bits per heavy atom. The highest BCUT2D eigenvalue weighted by molar-refractivity contribution is 8.76. The molecule has 0 unspecified atom stereocenters. The van der Waals surface area contributed by atoms with E-state index >= 15 is 0 Å². The van der Waals surface area contributed by atoms with Gasteiger partial charge in [-0.15, -0.1) is 0 Å². The fraction of sp³-hybridized carbons (Fsp3) is 0.833. The van der Waals surface area contributed by atoms with Crippen molar-refractivity contribution in [2.45, 2.75) is 51.9 Å². The summed E-state index contributed by atoms with van der Waals surface area (Å²) in [6.07, 6.45) is 0. The number of hydrogen-bond donors (Lipinski definition) is 4. The highest BCUT2D eigenvalue weighted by Gasteiger charge is 2.20. The van der Waals surface area contributed by atoms with Crippen LogP contribution in [0.15, 0.2) is 0 Å². The molecule has 0 spiro atoms. The molecule has 0 aliphatic rings. The molecular formula is C12H24N2O4S2. The van der Waals surface area contributed by atoms with Crippen molar-refractivity contribution >= 4 is 33.5 Å². The summed E-state index contributed by atoms with van der Waals surface area (Å²) in [5, 5.41) is 24.0. The van der Waals surface area contributed by atoms with Gasteiger partial charge in [0.25, 0.3) is 0 Å². The van der Waals surface area contributed by atoms with Gasteiger partial charge in [0.1, 0.15) is 12.1 Å². The maximum Gasteiger partial charge on any atom is 0.321 e. The van der Waals surface area contributed by atoms with Gasteiger partial charge in [-0.25, -0.2) is 0 Å². The third-order valence-corrected chi connectivity index (χ3v) is 4.64. The Morgan fingerprint density at radius 2 is 1.15 bits per heavy atom. The van der Waals surface area contributed by atoms with E-state index in [-0.39, 0.29) is 12.1 Å². The van der Waals surface area contributed by atoms with Crippen molar-refractivity contribution in [3.63, 3.8) is 0 Å². The van der Waals surface area contributed by atoms with Crippen LogP contribution in [0.2, 0.25) is 0 Å². The van der Waals surface area contributed by atoms with E-state index in [1.54, 1.807) is 0 Å². The van der Waals surface area contributed by atoms with Crippen molar-refractivity contribution in [2.24, 2.45) is 0 Å². The van der Waals surface area contributed by atoms with E-state index in [1.807, 2.05) is 27.7 Å². The van der Waals surface area contributed by atoms with Gasteiger partial charge >= 0.3 is 11.9 Å². The quantitative estimate of drug-likeness (QED) is 0.333. The number of aliphatic carboxylic acids is 2. The minimum Gasteiger partial charge on any atom is -0.480 e. The Morgan fingerprint density at radius 3 is 1.35 bits per heavy atom. The second-order valence-electron chi connectivity index (χ2n) is 4.99. The van der Waals surface area contributed by atoms with E-state index in [9.17, 15) is 9.59 Å². The number of carboxylic acid groups (broad SMARTS) is 2. The molecule has 0 aromatic carbocycles. The van der Waals surface area contributed by atoms with Crippen molar-refractivity contribution in [2.75, 3.05) is 11.5 Å². The molecule has 0 aromatic rings. The molecule has 0 amide bonds. The third-order valence-electron chi connectivity index (χ3n) is 2.22. The van der Waals surface area contributed by atoms with Crippen LogP contribution in [0.1, 0.15) is 27.7 Å². The summed E-state index contributed by atoms with van der Waals surface area (Å²) >= 11 is 0. The van der Waals surface area contributed by atoms with Crippen LogP contribution in [0.4, 0.5) is 0 Å². The zero-order valence-corrected chi connectivity index (χ0v) is 13.9. The molecule has 0 saturated heterocycles. The molecular weight excluding hydrogens is 300 g/mol. The Kier molecular flexibility index (Phi) is 10.1. The van der Waals surface area contributed by atoms with Gasteiger partial charge in [-0.3, -0.25) is 9.59 Å². The predicted molar refractivity (Wildman–Crippen MR) is 84.3 cm³/mol. The average molecular weight is 324 g/mol. The monoisotopic (exact) mass is 324 g/mol. The van der Waals surface area contributed by atoms with Crippen molar-refractivity contribution in [1.82, 2.24) is 10.6 Å². The van der Waals surface area contributed by atoms with Crippen LogP contribution in [-0.4, -0.2) is 57.8 Å². The maximum absolute atomic E-state index is 11.0. The zero-order valence-electron chi connectivity index (χ0n) is 12.3. The van der Waals surface area contributed by atoms with E-state index in [1.165, 1.54) is 21.6 Å². The Bertz CT molecular complexity index is 284. The third kappa shape index (κ3) is 9.46. The second-order valence-corrected chi connectivity index (χ2v) is 7.55.